The third-order valence-electron chi connectivity index (χ3n) is 2.82. The molecule has 0 aromatic heterocycles. The van der Waals surface area contributed by atoms with Crippen molar-refractivity contribution in [1.82, 2.24) is 0 Å². The van der Waals surface area contributed by atoms with E-state index in [0.717, 1.165) is 37.2 Å². The molecule has 1 aromatic rings. The van der Waals surface area contributed by atoms with E-state index < -0.39 is 0 Å². The van der Waals surface area contributed by atoms with Crippen molar-refractivity contribution >= 4 is 5.69 Å². The van der Waals surface area contributed by atoms with Gasteiger partial charge in [-0.2, -0.15) is 5.26 Å². The lowest BCUT2D eigenvalue weighted by Gasteiger charge is -2.33. The minimum absolute atomic E-state index is 0.241. The predicted octanol–water partition coefficient (Wildman–Crippen LogP) is 1.49. The van der Waals surface area contributed by atoms with Gasteiger partial charge in [-0.05, 0) is 25.0 Å². The Kier molecular flexibility index (Phi) is 2.89. The summed E-state index contributed by atoms with van der Waals surface area (Å²) in [6.45, 7) is 1.87. The van der Waals surface area contributed by atoms with E-state index in [2.05, 4.69) is 11.0 Å². The van der Waals surface area contributed by atoms with Crippen molar-refractivity contribution in [1.29, 1.82) is 5.26 Å². The summed E-state index contributed by atoms with van der Waals surface area (Å²) >= 11 is 0. The fraction of sp³-hybridized carbons (Fsp3) is 0.417. The molecule has 0 saturated carbocycles. The predicted molar refractivity (Wildman–Crippen MR) is 60.6 cm³/mol. The molecule has 1 aromatic carbocycles. The Bertz CT molecular complexity index is 381. The molecule has 0 amide bonds. The standard InChI is InChI=1S/C12H15N3/c13-8-10-4-1-2-6-12(10)15-7-3-5-11(14)9-15/h1-2,4,6,11H,3,5,7,9,14H2. The van der Waals surface area contributed by atoms with E-state index in [9.17, 15) is 0 Å². The highest BCUT2D eigenvalue weighted by Gasteiger charge is 2.18. The monoisotopic (exact) mass is 201 g/mol. The quantitative estimate of drug-likeness (QED) is 0.749. The molecular weight excluding hydrogens is 186 g/mol. The van der Waals surface area contributed by atoms with Gasteiger partial charge in [0.2, 0.25) is 0 Å². The number of benzene rings is 1. The summed E-state index contributed by atoms with van der Waals surface area (Å²) in [7, 11) is 0. The maximum absolute atomic E-state index is 9.01. The number of hydrogen-bond acceptors (Lipinski definition) is 3. The van der Waals surface area contributed by atoms with Gasteiger partial charge in [-0.25, -0.2) is 0 Å². The molecule has 0 aliphatic carbocycles. The molecule has 2 rings (SSSR count). The minimum atomic E-state index is 0.241. The molecule has 15 heavy (non-hydrogen) atoms. The van der Waals surface area contributed by atoms with Crippen LogP contribution in [0.15, 0.2) is 24.3 Å². The second-order valence-electron chi connectivity index (χ2n) is 3.98. The molecule has 1 unspecified atom stereocenters. The van der Waals surface area contributed by atoms with Gasteiger partial charge in [-0.15, -0.1) is 0 Å². The summed E-state index contributed by atoms with van der Waals surface area (Å²) < 4.78 is 0. The van der Waals surface area contributed by atoms with Crippen LogP contribution < -0.4 is 10.6 Å². The molecule has 1 aliphatic rings. The van der Waals surface area contributed by atoms with E-state index in [1.165, 1.54) is 0 Å². The third-order valence-corrected chi connectivity index (χ3v) is 2.82. The van der Waals surface area contributed by atoms with Crippen molar-refractivity contribution in [2.24, 2.45) is 5.73 Å². The SMILES string of the molecule is N#Cc1ccccc1N1CCCC(N)C1. The van der Waals surface area contributed by atoms with E-state index in [0.29, 0.717) is 0 Å². The van der Waals surface area contributed by atoms with Gasteiger partial charge in [-0.3, -0.25) is 0 Å². The summed E-state index contributed by atoms with van der Waals surface area (Å²) in [6, 6.07) is 10.2. The van der Waals surface area contributed by atoms with Crippen LogP contribution in [0.25, 0.3) is 0 Å². The highest BCUT2D eigenvalue weighted by atomic mass is 15.1. The molecule has 1 aliphatic heterocycles. The summed E-state index contributed by atoms with van der Waals surface area (Å²) in [6.07, 6.45) is 2.20. The van der Waals surface area contributed by atoms with Crippen molar-refractivity contribution in [2.45, 2.75) is 18.9 Å². The first-order chi connectivity index (χ1) is 7.31. The molecule has 3 nitrogen and oxygen atoms in total. The average Bonchev–Trinajstić information content (AvgIpc) is 2.29. The lowest BCUT2D eigenvalue weighted by atomic mass is 10.0. The maximum Gasteiger partial charge on any atom is 0.101 e. The zero-order chi connectivity index (χ0) is 10.7. The molecule has 0 spiro atoms. The van der Waals surface area contributed by atoms with Crippen LogP contribution in [0.4, 0.5) is 5.69 Å². The lowest BCUT2D eigenvalue weighted by Crippen LogP contribution is -2.43. The van der Waals surface area contributed by atoms with E-state index >= 15 is 0 Å². The van der Waals surface area contributed by atoms with Gasteiger partial charge in [0.15, 0.2) is 0 Å². The zero-order valence-corrected chi connectivity index (χ0v) is 8.69. The van der Waals surface area contributed by atoms with Crippen LogP contribution in [0.5, 0.6) is 0 Å². The Labute approximate surface area is 90.1 Å². The second kappa shape index (κ2) is 4.33. The van der Waals surface area contributed by atoms with E-state index in [1.54, 1.807) is 0 Å². The van der Waals surface area contributed by atoms with Crippen molar-refractivity contribution in [3.05, 3.63) is 29.8 Å². The fourth-order valence-corrected chi connectivity index (χ4v) is 2.07. The Balaban J connectivity index is 2.25. The lowest BCUT2D eigenvalue weighted by molar-refractivity contribution is 0.506. The second-order valence-corrected chi connectivity index (χ2v) is 3.98. The first-order valence-electron chi connectivity index (χ1n) is 5.31. The van der Waals surface area contributed by atoms with Crippen LogP contribution in [-0.2, 0) is 0 Å². The number of rotatable bonds is 1. The molecule has 0 radical (unpaired) electrons. The van der Waals surface area contributed by atoms with Crippen LogP contribution in [-0.4, -0.2) is 19.1 Å². The summed E-state index contributed by atoms with van der Waals surface area (Å²) in [5.74, 6) is 0. The van der Waals surface area contributed by atoms with Crippen LogP contribution in [0, 0.1) is 11.3 Å². The van der Waals surface area contributed by atoms with Crippen LogP contribution in [0.2, 0.25) is 0 Å². The van der Waals surface area contributed by atoms with E-state index in [4.69, 9.17) is 11.0 Å². The Hall–Kier alpha value is -1.53. The average molecular weight is 201 g/mol. The molecule has 2 N–H and O–H groups in total. The third kappa shape index (κ3) is 2.11. The number of para-hydroxylation sites is 1. The molecule has 1 fully saturated rings. The number of anilines is 1. The summed E-state index contributed by atoms with van der Waals surface area (Å²) in [4.78, 5) is 2.22. The van der Waals surface area contributed by atoms with Gasteiger partial charge in [0.05, 0.1) is 11.3 Å². The van der Waals surface area contributed by atoms with Crippen molar-refractivity contribution in [2.75, 3.05) is 18.0 Å². The minimum Gasteiger partial charge on any atom is -0.369 e. The van der Waals surface area contributed by atoms with Gasteiger partial charge < -0.3 is 10.6 Å². The zero-order valence-electron chi connectivity index (χ0n) is 8.69. The Morgan fingerprint density at radius 2 is 2.20 bits per heavy atom. The molecule has 1 atom stereocenters. The van der Waals surface area contributed by atoms with Crippen molar-refractivity contribution in [3.8, 4) is 6.07 Å². The normalized spacial score (nSPS) is 21.1. The van der Waals surface area contributed by atoms with Crippen molar-refractivity contribution in [3.63, 3.8) is 0 Å². The number of nitriles is 1. The first kappa shape index (κ1) is 10.0. The molecular formula is C12H15N3. The van der Waals surface area contributed by atoms with Crippen molar-refractivity contribution < 1.29 is 0 Å². The maximum atomic E-state index is 9.01. The molecule has 1 saturated heterocycles. The summed E-state index contributed by atoms with van der Waals surface area (Å²) in [5.41, 5.74) is 7.69. The fourth-order valence-electron chi connectivity index (χ4n) is 2.07. The molecule has 78 valence electrons. The van der Waals surface area contributed by atoms with Gasteiger partial charge in [0.1, 0.15) is 6.07 Å². The number of nitrogens with two attached hydrogens (primary N) is 1. The molecule has 1 heterocycles. The van der Waals surface area contributed by atoms with Gasteiger partial charge in [-0.1, -0.05) is 12.1 Å². The smallest absolute Gasteiger partial charge is 0.101 e. The van der Waals surface area contributed by atoms with Crippen LogP contribution in [0.3, 0.4) is 0 Å². The van der Waals surface area contributed by atoms with Gasteiger partial charge in [0, 0.05) is 19.1 Å². The van der Waals surface area contributed by atoms with Gasteiger partial charge >= 0.3 is 0 Å². The van der Waals surface area contributed by atoms with E-state index in [1.807, 2.05) is 24.3 Å². The Morgan fingerprint density at radius 1 is 1.40 bits per heavy atom. The number of hydrogen-bond donors (Lipinski definition) is 1. The number of piperidine rings is 1. The molecule has 3 heteroatoms. The van der Waals surface area contributed by atoms with E-state index in [-0.39, 0.29) is 6.04 Å². The largest absolute Gasteiger partial charge is 0.369 e. The molecule has 0 bridgehead atoms. The Morgan fingerprint density at radius 3 is 2.93 bits per heavy atom. The van der Waals surface area contributed by atoms with Gasteiger partial charge in [0.25, 0.3) is 0 Å². The number of nitrogens with zero attached hydrogens (tertiary/aromatic N) is 2. The summed E-state index contributed by atoms with van der Waals surface area (Å²) in [5, 5.41) is 9.01. The highest BCUT2D eigenvalue weighted by Crippen LogP contribution is 2.22. The van der Waals surface area contributed by atoms with Crippen LogP contribution >= 0.6 is 0 Å². The topological polar surface area (TPSA) is 53.0 Å². The first-order valence-corrected chi connectivity index (χ1v) is 5.31. The highest BCUT2D eigenvalue weighted by molar-refractivity contribution is 5.59. The van der Waals surface area contributed by atoms with Crippen LogP contribution in [0.1, 0.15) is 18.4 Å².